The summed E-state index contributed by atoms with van der Waals surface area (Å²) in [6, 6.07) is -2.71. The van der Waals surface area contributed by atoms with E-state index in [1.165, 1.54) is 20.8 Å². The quantitative estimate of drug-likeness (QED) is 0.0504. The number of hydrogen-bond acceptors (Lipinski definition) is 12. The molecule has 3 unspecified atom stereocenters. The van der Waals surface area contributed by atoms with Gasteiger partial charge in [0.05, 0.1) is 24.7 Å². The maximum absolute atomic E-state index is 13.8. The molecular formula is C37H59N7O13. The van der Waals surface area contributed by atoms with Crippen molar-refractivity contribution < 1.29 is 63.9 Å². The Morgan fingerprint density at radius 3 is 1.46 bits per heavy atom. The van der Waals surface area contributed by atoms with E-state index in [9.17, 15) is 63.9 Å². The third kappa shape index (κ3) is 16.8. The van der Waals surface area contributed by atoms with E-state index in [4.69, 9.17) is 5.73 Å². The summed E-state index contributed by atoms with van der Waals surface area (Å²) < 4.78 is 0. The molecule has 0 spiro atoms. The zero-order valence-corrected chi connectivity index (χ0v) is 33.2. The van der Waals surface area contributed by atoms with Crippen LogP contribution in [0.5, 0.6) is 0 Å². The normalized spacial score (nSPS) is 17.1. The van der Waals surface area contributed by atoms with Gasteiger partial charge in [0.25, 0.3) is 0 Å². The molecule has 0 aliphatic rings. The lowest BCUT2D eigenvalue weighted by Crippen LogP contribution is -2.63. The standard InChI is InChI=1S/C37H59N7O13/c1-8-18(4)28(37(56)57)42-36(55)30(21(7)47)44-32(51)23(14-17(2)3)41-35(54)29(20(6)46)43-33(52)24(15-22-12-10-9-11-13-22)39-31(50)25(16-26(48)49)40-34(53)27(38)19(5)45/h9-13,17-21,23-25,27-30,45-47H,8,14-16,38H2,1-7H3,(H,39,50)(H,40,53)(H,41,54)(H,42,55)(H,43,52)(H,44,51)(H,48,49)(H,56,57)/t18-,19+,20-,21-,23?,24?,25?,27-,28+,29-,30-/m0/s1. The number of hydrogen-bond donors (Lipinski definition) is 12. The Morgan fingerprint density at radius 2 is 1.02 bits per heavy atom. The summed E-state index contributed by atoms with van der Waals surface area (Å²) in [5, 5.41) is 63.8. The lowest BCUT2D eigenvalue weighted by molar-refractivity contribution is -0.144. The number of carbonyl (C=O) groups excluding carboxylic acids is 6. The minimum absolute atomic E-state index is 0.0289. The Morgan fingerprint density at radius 1 is 0.579 bits per heavy atom. The van der Waals surface area contributed by atoms with Crippen molar-refractivity contribution in [2.24, 2.45) is 17.6 Å². The van der Waals surface area contributed by atoms with E-state index in [1.54, 1.807) is 58.0 Å². The van der Waals surface area contributed by atoms with Crippen LogP contribution >= 0.6 is 0 Å². The maximum atomic E-state index is 13.8. The summed E-state index contributed by atoms with van der Waals surface area (Å²) in [6.07, 6.45) is -5.24. The van der Waals surface area contributed by atoms with Crippen LogP contribution in [0.1, 0.15) is 73.3 Å². The Balaban J connectivity index is 3.39. The first kappa shape index (κ1) is 49.8. The van der Waals surface area contributed by atoms with Crippen molar-refractivity contribution in [3.63, 3.8) is 0 Å². The topological polar surface area (TPSA) is 336 Å². The SMILES string of the molecule is CC[C@H](C)[C@@H](NC(=O)[C@@H](NC(=O)C(CC(C)C)NC(=O)[C@@H](NC(=O)C(Cc1ccccc1)NC(=O)C(CC(=O)O)NC(=O)[C@@H](N)[C@@H](C)O)[C@H](C)O)[C@H](C)O)C(=O)O. The highest BCUT2D eigenvalue weighted by molar-refractivity contribution is 5.98. The zero-order chi connectivity index (χ0) is 43.7. The highest BCUT2D eigenvalue weighted by atomic mass is 16.4. The van der Waals surface area contributed by atoms with Gasteiger partial charge in [-0.1, -0.05) is 64.4 Å². The summed E-state index contributed by atoms with van der Waals surface area (Å²) in [7, 11) is 0. The lowest BCUT2D eigenvalue weighted by Gasteiger charge is -2.29. The van der Waals surface area contributed by atoms with Gasteiger partial charge in [0.15, 0.2) is 0 Å². The van der Waals surface area contributed by atoms with E-state index >= 15 is 0 Å². The first-order valence-corrected chi connectivity index (χ1v) is 18.6. The molecule has 11 atom stereocenters. The molecule has 0 aliphatic heterocycles. The monoisotopic (exact) mass is 809 g/mol. The Labute approximate surface area is 331 Å². The van der Waals surface area contributed by atoms with E-state index in [-0.39, 0.29) is 18.8 Å². The highest BCUT2D eigenvalue weighted by Crippen LogP contribution is 2.12. The molecule has 0 fully saturated rings. The summed E-state index contributed by atoms with van der Waals surface area (Å²) in [5.41, 5.74) is 6.14. The van der Waals surface area contributed by atoms with Gasteiger partial charge < -0.3 is 63.2 Å². The maximum Gasteiger partial charge on any atom is 0.326 e. The van der Waals surface area contributed by atoms with Crippen LogP contribution in [0.4, 0.5) is 0 Å². The molecular weight excluding hydrogens is 750 g/mol. The predicted molar refractivity (Wildman–Crippen MR) is 204 cm³/mol. The third-order valence-electron chi connectivity index (χ3n) is 8.99. The average molecular weight is 810 g/mol. The molecule has 0 bridgehead atoms. The largest absolute Gasteiger partial charge is 0.481 e. The van der Waals surface area contributed by atoms with E-state index in [0.717, 1.165) is 0 Å². The van der Waals surface area contributed by atoms with Crippen molar-refractivity contribution >= 4 is 47.4 Å². The summed E-state index contributed by atoms with van der Waals surface area (Å²) in [4.78, 5) is 103. The number of carboxylic acid groups (broad SMARTS) is 2. The summed E-state index contributed by atoms with van der Waals surface area (Å²) in [5.74, 6) is -9.75. The molecule has 0 radical (unpaired) electrons. The van der Waals surface area contributed by atoms with E-state index in [2.05, 4.69) is 31.9 Å². The molecule has 0 heterocycles. The van der Waals surface area contributed by atoms with Crippen LogP contribution in [0, 0.1) is 11.8 Å². The Hall–Kier alpha value is -5.18. The first-order valence-electron chi connectivity index (χ1n) is 18.6. The molecule has 0 saturated carbocycles. The van der Waals surface area contributed by atoms with Crippen LogP contribution in [-0.4, -0.2) is 134 Å². The molecule has 6 amide bonds. The van der Waals surface area contributed by atoms with E-state index < -0.39 is 120 Å². The second-order valence-electron chi connectivity index (χ2n) is 14.5. The number of aliphatic hydroxyl groups is 3. The fourth-order valence-corrected chi connectivity index (χ4v) is 5.41. The van der Waals surface area contributed by atoms with E-state index in [0.29, 0.717) is 12.0 Å². The number of amides is 6. The minimum atomic E-state index is -1.75. The second kappa shape index (κ2) is 23.8. The van der Waals surface area contributed by atoms with Gasteiger partial charge in [-0.25, -0.2) is 4.79 Å². The van der Waals surface area contributed by atoms with E-state index in [1.807, 2.05) is 0 Å². The van der Waals surface area contributed by atoms with Crippen molar-refractivity contribution in [2.45, 2.75) is 135 Å². The fourth-order valence-electron chi connectivity index (χ4n) is 5.41. The number of carbonyl (C=O) groups is 8. The van der Waals surface area contributed by atoms with Gasteiger partial charge in [0.2, 0.25) is 35.4 Å². The Kier molecular flexibility index (Phi) is 20.8. The van der Waals surface area contributed by atoms with Gasteiger partial charge in [-0.05, 0) is 44.6 Å². The number of rotatable bonds is 24. The van der Waals surface area contributed by atoms with Gasteiger partial charge in [-0.3, -0.25) is 33.6 Å². The van der Waals surface area contributed by atoms with Gasteiger partial charge >= 0.3 is 11.9 Å². The molecule has 1 rings (SSSR count). The van der Waals surface area contributed by atoms with Crippen LogP contribution in [0.25, 0.3) is 0 Å². The van der Waals surface area contributed by atoms with Crippen molar-refractivity contribution in [2.75, 3.05) is 0 Å². The third-order valence-corrected chi connectivity index (χ3v) is 8.99. The van der Waals surface area contributed by atoms with Gasteiger partial charge in [-0.2, -0.15) is 0 Å². The number of nitrogens with two attached hydrogens (primary N) is 1. The number of carboxylic acids is 2. The second-order valence-corrected chi connectivity index (χ2v) is 14.5. The molecule has 20 heteroatoms. The highest BCUT2D eigenvalue weighted by Gasteiger charge is 2.37. The average Bonchev–Trinajstić information content (AvgIpc) is 3.12. The molecule has 1 aromatic rings. The number of nitrogens with one attached hydrogen (secondary N) is 6. The van der Waals surface area contributed by atoms with Gasteiger partial charge in [0, 0.05) is 6.42 Å². The zero-order valence-electron chi connectivity index (χ0n) is 33.2. The van der Waals surface area contributed by atoms with Crippen LogP contribution in [0.2, 0.25) is 0 Å². The van der Waals surface area contributed by atoms with Gasteiger partial charge in [0.1, 0.15) is 42.3 Å². The number of aliphatic carboxylic acids is 2. The summed E-state index contributed by atoms with van der Waals surface area (Å²) >= 11 is 0. The van der Waals surface area contributed by atoms with Crippen molar-refractivity contribution in [1.82, 2.24) is 31.9 Å². The molecule has 0 aliphatic carbocycles. The Bertz CT molecular complexity index is 1540. The molecule has 0 saturated heterocycles. The molecule has 20 nitrogen and oxygen atoms in total. The van der Waals surface area contributed by atoms with Crippen LogP contribution in [0.3, 0.4) is 0 Å². The van der Waals surface area contributed by atoms with Crippen molar-refractivity contribution in [1.29, 1.82) is 0 Å². The summed E-state index contributed by atoms with van der Waals surface area (Å²) in [6.45, 7) is 10.3. The van der Waals surface area contributed by atoms with Crippen LogP contribution in [-0.2, 0) is 44.8 Å². The minimum Gasteiger partial charge on any atom is -0.481 e. The first-order chi connectivity index (χ1) is 26.5. The lowest BCUT2D eigenvalue weighted by atomic mass is 9.98. The number of aliphatic hydroxyl groups excluding tert-OH is 3. The van der Waals surface area contributed by atoms with Crippen LogP contribution < -0.4 is 37.6 Å². The fraction of sp³-hybridized carbons (Fsp3) is 0.622. The molecule has 1 aromatic carbocycles. The van der Waals surface area contributed by atoms with Crippen LogP contribution in [0.15, 0.2) is 30.3 Å². The molecule has 57 heavy (non-hydrogen) atoms. The molecule has 0 aromatic heterocycles. The predicted octanol–water partition coefficient (Wildman–Crippen LogP) is -2.74. The molecule has 320 valence electrons. The molecule has 13 N–H and O–H groups in total. The van der Waals surface area contributed by atoms with Gasteiger partial charge in [-0.15, -0.1) is 0 Å². The van der Waals surface area contributed by atoms with Crippen molar-refractivity contribution in [3.8, 4) is 0 Å². The smallest absolute Gasteiger partial charge is 0.326 e. The van der Waals surface area contributed by atoms with Crippen molar-refractivity contribution in [3.05, 3.63) is 35.9 Å². The number of benzene rings is 1.